The summed E-state index contributed by atoms with van der Waals surface area (Å²) in [7, 11) is 0. The summed E-state index contributed by atoms with van der Waals surface area (Å²) in [4.78, 5) is 5.94. The van der Waals surface area contributed by atoms with Crippen molar-refractivity contribution in [3.8, 4) is 6.07 Å². The Kier molecular flexibility index (Phi) is 4.58. The molecule has 4 nitrogen and oxygen atoms in total. The van der Waals surface area contributed by atoms with Crippen LogP contribution in [0.5, 0.6) is 0 Å². The molecular formula is C17H22N4S. The lowest BCUT2D eigenvalue weighted by atomic mass is 9.71. The van der Waals surface area contributed by atoms with Gasteiger partial charge in [-0.2, -0.15) is 5.26 Å². The third kappa shape index (κ3) is 2.93. The van der Waals surface area contributed by atoms with Crippen LogP contribution in [0.15, 0.2) is 16.4 Å². The molecule has 0 amide bonds. The molecule has 1 aliphatic heterocycles. The Hall–Kier alpha value is -1.67. The number of fused-ring (bicyclic) bond motifs is 1. The average molecular weight is 314 g/mol. The van der Waals surface area contributed by atoms with E-state index in [-0.39, 0.29) is 12.0 Å². The Balaban J connectivity index is 1.77. The second-order valence-corrected chi connectivity index (χ2v) is 7.37. The number of rotatable bonds is 4. The summed E-state index contributed by atoms with van der Waals surface area (Å²) in [5.74, 6) is 1.27. The lowest BCUT2D eigenvalue weighted by Crippen LogP contribution is -2.31. The van der Waals surface area contributed by atoms with Crippen molar-refractivity contribution in [2.24, 2.45) is 22.7 Å². The fourth-order valence-electron chi connectivity index (χ4n) is 3.91. The molecule has 0 spiro atoms. The minimum atomic E-state index is 0.0891. The molecule has 1 fully saturated rings. The molecule has 1 aromatic heterocycles. The number of thiophene rings is 1. The number of nitrogens with zero attached hydrogens (tertiary/aromatic N) is 2. The molecule has 1 aromatic rings. The Morgan fingerprint density at radius 3 is 2.95 bits per heavy atom. The molecular weight excluding hydrogens is 292 g/mol. The van der Waals surface area contributed by atoms with E-state index in [0.29, 0.717) is 18.3 Å². The van der Waals surface area contributed by atoms with E-state index in [1.54, 1.807) is 17.7 Å². The van der Waals surface area contributed by atoms with Crippen LogP contribution in [0.2, 0.25) is 0 Å². The van der Waals surface area contributed by atoms with Gasteiger partial charge in [0.2, 0.25) is 0 Å². The lowest BCUT2D eigenvalue weighted by Gasteiger charge is -2.36. The molecule has 0 bridgehead atoms. The SMILES string of the molecule is CC(=N)C(C1CCC(CC#N)CC1)C1N=CNc2ccsc21. The van der Waals surface area contributed by atoms with E-state index >= 15 is 0 Å². The fraction of sp³-hybridized carbons (Fsp3) is 0.588. The first kappa shape index (κ1) is 15.2. The van der Waals surface area contributed by atoms with Gasteiger partial charge in [0, 0.05) is 18.1 Å². The number of aliphatic imine (C=N–C) groups is 1. The highest BCUT2D eigenvalue weighted by Gasteiger charge is 2.36. The third-order valence-corrected chi connectivity index (χ3v) is 6.03. The van der Waals surface area contributed by atoms with Gasteiger partial charge in [0.1, 0.15) is 0 Å². The van der Waals surface area contributed by atoms with Crippen molar-refractivity contribution >= 4 is 29.1 Å². The zero-order chi connectivity index (χ0) is 15.5. The molecule has 0 saturated heterocycles. The predicted octanol–water partition coefficient (Wildman–Crippen LogP) is 4.62. The first-order valence-corrected chi connectivity index (χ1v) is 8.86. The summed E-state index contributed by atoms with van der Waals surface area (Å²) in [6.45, 7) is 1.93. The molecule has 2 atom stereocenters. The second kappa shape index (κ2) is 6.62. The monoisotopic (exact) mass is 314 g/mol. The van der Waals surface area contributed by atoms with E-state index in [1.807, 2.05) is 6.92 Å². The Morgan fingerprint density at radius 1 is 1.50 bits per heavy atom. The van der Waals surface area contributed by atoms with Gasteiger partial charge in [0.05, 0.1) is 29.0 Å². The van der Waals surface area contributed by atoms with Crippen molar-refractivity contribution in [3.05, 3.63) is 16.3 Å². The third-order valence-electron chi connectivity index (χ3n) is 5.04. The summed E-state index contributed by atoms with van der Waals surface area (Å²) in [6, 6.07) is 4.49. The molecule has 22 heavy (non-hydrogen) atoms. The maximum absolute atomic E-state index is 8.86. The van der Waals surface area contributed by atoms with Crippen LogP contribution >= 0.6 is 11.3 Å². The molecule has 0 aromatic carbocycles. The van der Waals surface area contributed by atoms with Gasteiger partial charge < -0.3 is 10.7 Å². The first-order chi connectivity index (χ1) is 10.7. The highest BCUT2D eigenvalue weighted by molar-refractivity contribution is 7.10. The van der Waals surface area contributed by atoms with Crippen LogP contribution in [-0.4, -0.2) is 12.1 Å². The summed E-state index contributed by atoms with van der Waals surface area (Å²) in [6.07, 6.45) is 6.95. The van der Waals surface area contributed by atoms with Crippen LogP contribution < -0.4 is 5.32 Å². The van der Waals surface area contributed by atoms with Crippen molar-refractivity contribution in [1.29, 1.82) is 10.7 Å². The molecule has 2 N–H and O–H groups in total. The summed E-state index contributed by atoms with van der Waals surface area (Å²) >= 11 is 1.74. The van der Waals surface area contributed by atoms with E-state index in [0.717, 1.165) is 37.1 Å². The zero-order valence-corrected chi connectivity index (χ0v) is 13.7. The first-order valence-electron chi connectivity index (χ1n) is 7.98. The van der Waals surface area contributed by atoms with Gasteiger partial charge in [0.25, 0.3) is 0 Å². The molecule has 3 rings (SSSR count). The maximum atomic E-state index is 8.86. The maximum Gasteiger partial charge on any atom is 0.0961 e. The van der Waals surface area contributed by atoms with Gasteiger partial charge in [-0.05, 0) is 55.9 Å². The zero-order valence-electron chi connectivity index (χ0n) is 12.9. The molecule has 2 unspecified atom stereocenters. The number of nitriles is 1. The van der Waals surface area contributed by atoms with Crippen LogP contribution in [0, 0.1) is 34.5 Å². The van der Waals surface area contributed by atoms with Crippen molar-refractivity contribution in [1.82, 2.24) is 0 Å². The van der Waals surface area contributed by atoms with Crippen LogP contribution in [0.1, 0.15) is 49.9 Å². The quantitative estimate of drug-likeness (QED) is 0.796. The van der Waals surface area contributed by atoms with Crippen LogP contribution in [0.25, 0.3) is 0 Å². The van der Waals surface area contributed by atoms with Gasteiger partial charge >= 0.3 is 0 Å². The number of nitrogens with one attached hydrogen (secondary N) is 2. The summed E-state index contributed by atoms with van der Waals surface area (Å²) < 4.78 is 0. The van der Waals surface area contributed by atoms with Gasteiger partial charge in [-0.1, -0.05) is 0 Å². The van der Waals surface area contributed by atoms with Crippen molar-refractivity contribution in [3.63, 3.8) is 0 Å². The van der Waals surface area contributed by atoms with E-state index in [2.05, 4.69) is 27.8 Å². The fourth-order valence-corrected chi connectivity index (χ4v) is 4.86. The lowest BCUT2D eigenvalue weighted by molar-refractivity contribution is 0.224. The van der Waals surface area contributed by atoms with E-state index in [1.165, 1.54) is 4.88 Å². The normalized spacial score (nSPS) is 28.3. The molecule has 0 radical (unpaired) electrons. The number of hydrogen-bond acceptors (Lipinski definition) is 5. The second-order valence-electron chi connectivity index (χ2n) is 6.42. The molecule has 116 valence electrons. The minimum Gasteiger partial charge on any atom is -0.346 e. The summed E-state index contributed by atoms with van der Waals surface area (Å²) in [5, 5.41) is 22.5. The van der Waals surface area contributed by atoms with Gasteiger partial charge in [-0.15, -0.1) is 11.3 Å². The van der Waals surface area contributed by atoms with E-state index in [9.17, 15) is 0 Å². The largest absolute Gasteiger partial charge is 0.346 e. The van der Waals surface area contributed by atoms with E-state index in [4.69, 9.17) is 10.7 Å². The van der Waals surface area contributed by atoms with Gasteiger partial charge in [0.15, 0.2) is 0 Å². The summed E-state index contributed by atoms with van der Waals surface area (Å²) in [5.41, 5.74) is 1.89. The van der Waals surface area contributed by atoms with Crippen molar-refractivity contribution in [2.45, 2.75) is 45.1 Å². The number of hydrogen-bond donors (Lipinski definition) is 2. The standard InChI is InChI=1S/C17H22N4S/c1-11(19)15(13-4-2-12(3-5-13)6-8-18)16-17-14(7-9-22-17)20-10-21-16/h7,9-10,12-13,15-16,19H,2-6H2,1H3,(H,20,21). The molecule has 5 heteroatoms. The Morgan fingerprint density at radius 2 is 2.27 bits per heavy atom. The van der Waals surface area contributed by atoms with Crippen LogP contribution in [0.4, 0.5) is 5.69 Å². The molecule has 2 heterocycles. The predicted molar refractivity (Wildman–Crippen MR) is 91.7 cm³/mol. The Bertz CT molecular complexity index is 604. The van der Waals surface area contributed by atoms with Crippen LogP contribution in [-0.2, 0) is 0 Å². The number of anilines is 1. The molecule has 2 aliphatic rings. The van der Waals surface area contributed by atoms with Crippen molar-refractivity contribution in [2.75, 3.05) is 5.32 Å². The van der Waals surface area contributed by atoms with Gasteiger partial charge in [-0.25, -0.2) is 0 Å². The molecule has 1 aliphatic carbocycles. The van der Waals surface area contributed by atoms with Gasteiger partial charge in [-0.3, -0.25) is 4.99 Å². The topological polar surface area (TPSA) is 72.0 Å². The highest BCUT2D eigenvalue weighted by atomic mass is 32.1. The smallest absolute Gasteiger partial charge is 0.0961 e. The van der Waals surface area contributed by atoms with E-state index < -0.39 is 0 Å². The van der Waals surface area contributed by atoms with Crippen molar-refractivity contribution < 1.29 is 0 Å². The molecule has 1 saturated carbocycles. The Labute approximate surface area is 135 Å². The highest BCUT2D eigenvalue weighted by Crippen LogP contribution is 2.45. The minimum absolute atomic E-state index is 0.0891. The average Bonchev–Trinajstić information content (AvgIpc) is 2.98. The van der Waals surface area contributed by atoms with Crippen LogP contribution in [0.3, 0.4) is 0 Å².